The molecule has 0 radical (unpaired) electrons. The third kappa shape index (κ3) is 4.80. The number of para-hydroxylation sites is 2. The van der Waals surface area contributed by atoms with Crippen LogP contribution in [-0.4, -0.2) is 14.5 Å². The number of hydrogen-bond donors (Lipinski definition) is 0. The van der Waals surface area contributed by atoms with E-state index >= 15 is 0 Å². The molecule has 58 heavy (non-hydrogen) atoms. The lowest BCUT2D eigenvalue weighted by molar-refractivity contribution is 0.661. The molecule has 2 aromatic heterocycles. The summed E-state index contributed by atoms with van der Waals surface area (Å²) >= 11 is 0. The van der Waals surface area contributed by atoms with Crippen molar-refractivity contribution < 1.29 is 0 Å². The van der Waals surface area contributed by atoms with Gasteiger partial charge < -0.3 is 4.57 Å². The Kier molecular flexibility index (Phi) is 6.98. The zero-order valence-electron chi connectivity index (χ0n) is 32.2. The van der Waals surface area contributed by atoms with Gasteiger partial charge in [0.25, 0.3) is 0 Å². The number of hydrogen-bond acceptors (Lipinski definition) is 2. The molecule has 3 heteroatoms. The fourth-order valence-corrected chi connectivity index (χ4v) is 9.81. The van der Waals surface area contributed by atoms with Crippen LogP contribution in [0.25, 0.3) is 105 Å². The van der Waals surface area contributed by atoms with Crippen molar-refractivity contribution in [3.8, 4) is 50.2 Å². The maximum atomic E-state index is 4.77. The number of benzene rings is 9. The second-order valence-electron chi connectivity index (χ2n) is 16.2. The van der Waals surface area contributed by atoms with E-state index in [0.717, 1.165) is 27.5 Å². The quantitative estimate of drug-likeness (QED) is 0.168. The molecule has 0 fully saturated rings. The molecule has 9 aromatic carbocycles. The van der Waals surface area contributed by atoms with Gasteiger partial charge >= 0.3 is 0 Å². The highest BCUT2D eigenvalue weighted by atomic mass is 15.0. The third-order valence-corrected chi connectivity index (χ3v) is 12.7. The molecule has 0 N–H and O–H groups in total. The first-order valence-electron chi connectivity index (χ1n) is 20.1. The lowest BCUT2D eigenvalue weighted by Crippen LogP contribution is -2.15. The van der Waals surface area contributed by atoms with Gasteiger partial charge in [-0.3, -0.25) is 9.97 Å². The summed E-state index contributed by atoms with van der Waals surface area (Å²) in [5, 5.41) is 7.22. The molecule has 0 saturated heterocycles. The minimum absolute atomic E-state index is 0.166. The van der Waals surface area contributed by atoms with E-state index in [9.17, 15) is 0 Å². The Balaban J connectivity index is 0.905. The van der Waals surface area contributed by atoms with Gasteiger partial charge in [-0.1, -0.05) is 141 Å². The van der Waals surface area contributed by atoms with Gasteiger partial charge in [-0.05, 0) is 115 Å². The van der Waals surface area contributed by atoms with Crippen LogP contribution in [0.1, 0.15) is 25.0 Å². The average Bonchev–Trinajstić information content (AvgIpc) is 3.74. The van der Waals surface area contributed by atoms with Crippen LogP contribution in [0, 0.1) is 0 Å². The summed E-state index contributed by atoms with van der Waals surface area (Å²) in [6.07, 6.45) is 3.58. The summed E-state index contributed by atoms with van der Waals surface area (Å²) in [4.78, 5) is 9.49. The van der Waals surface area contributed by atoms with Crippen molar-refractivity contribution in [1.82, 2.24) is 14.5 Å². The van der Waals surface area contributed by atoms with Crippen molar-refractivity contribution in [3.05, 3.63) is 199 Å². The second kappa shape index (κ2) is 12.3. The predicted octanol–water partition coefficient (Wildman–Crippen LogP) is 14.3. The van der Waals surface area contributed by atoms with Crippen molar-refractivity contribution in [3.63, 3.8) is 0 Å². The zero-order valence-corrected chi connectivity index (χ0v) is 32.2. The Morgan fingerprint density at radius 3 is 1.45 bits per heavy atom. The van der Waals surface area contributed by atoms with Crippen LogP contribution >= 0.6 is 0 Å². The monoisotopic (exact) mass is 739 g/mol. The van der Waals surface area contributed by atoms with Gasteiger partial charge in [0.1, 0.15) is 0 Å². The van der Waals surface area contributed by atoms with E-state index < -0.39 is 0 Å². The Morgan fingerprint density at radius 2 is 0.828 bits per heavy atom. The molecule has 1 aliphatic rings. The van der Waals surface area contributed by atoms with Gasteiger partial charge in [-0.15, -0.1) is 0 Å². The Morgan fingerprint density at radius 1 is 0.362 bits per heavy atom. The molecule has 0 saturated carbocycles. The fourth-order valence-electron chi connectivity index (χ4n) is 9.81. The van der Waals surface area contributed by atoms with Crippen LogP contribution in [0.2, 0.25) is 0 Å². The minimum atomic E-state index is -0.166. The van der Waals surface area contributed by atoms with Gasteiger partial charge in [-0.2, -0.15) is 0 Å². The van der Waals surface area contributed by atoms with Crippen LogP contribution < -0.4 is 0 Å². The van der Waals surface area contributed by atoms with Crippen LogP contribution in [0.4, 0.5) is 0 Å². The summed E-state index contributed by atoms with van der Waals surface area (Å²) in [6, 6.07) is 64.8. The summed E-state index contributed by atoms with van der Waals surface area (Å²) in [7, 11) is 0. The summed E-state index contributed by atoms with van der Waals surface area (Å²) < 4.78 is 2.39. The second-order valence-corrected chi connectivity index (χ2v) is 16.2. The molecule has 0 spiro atoms. The predicted molar refractivity (Wildman–Crippen MR) is 243 cm³/mol. The van der Waals surface area contributed by atoms with Crippen LogP contribution in [0.15, 0.2) is 188 Å². The summed E-state index contributed by atoms with van der Waals surface area (Å²) in [5.41, 5.74) is 18.0. The highest BCUT2D eigenvalue weighted by Gasteiger charge is 2.36. The van der Waals surface area contributed by atoms with Crippen molar-refractivity contribution in [2.45, 2.75) is 19.3 Å². The Bertz CT molecular complexity index is 3410. The first kappa shape index (κ1) is 32.8. The van der Waals surface area contributed by atoms with Crippen LogP contribution in [-0.2, 0) is 5.41 Å². The fraction of sp³-hybridized carbons (Fsp3) is 0.0545. The molecule has 11 aromatic rings. The Hall–Kier alpha value is -7.36. The molecule has 0 bridgehead atoms. The van der Waals surface area contributed by atoms with E-state index in [-0.39, 0.29) is 5.41 Å². The molecule has 1 aliphatic carbocycles. The standard InChI is InChI=1S/C55H37N3/c1-55(2)49-32-38(35-12-9-11-34(29-35)36-13-10-14-40(30-36)58-51-19-7-5-16-44(51)45-17-6-8-20-52(45)58)21-24-42(49)43-25-22-39(33-50(43)55)37-23-26-47-48(31-37)41-15-3-4-18-46(41)53-54(47)57-28-27-56-53/h3-33H,1-2H3. The highest BCUT2D eigenvalue weighted by Crippen LogP contribution is 2.51. The molecule has 2 heterocycles. The van der Waals surface area contributed by atoms with E-state index in [1.807, 2.05) is 0 Å². The van der Waals surface area contributed by atoms with Crippen molar-refractivity contribution in [2.75, 3.05) is 0 Å². The number of aromatic nitrogens is 3. The molecule has 0 atom stereocenters. The minimum Gasteiger partial charge on any atom is -0.309 e. The van der Waals surface area contributed by atoms with Crippen molar-refractivity contribution >= 4 is 54.4 Å². The molecular weight excluding hydrogens is 703 g/mol. The van der Waals surface area contributed by atoms with Crippen molar-refractivity contribution in [2.24, 2.45) is 0 Å². The van der Waals surface area contributed by atoms with E-state index in [0.29, 0.717) is 0 Å². The van der Waals surface area contributed by atoms with Gasteiger partial charge in [0.15, 0.2) is 0 Å². The van der Waals surface area contributed by atoms with E-state index in [4.69, 9.17) is 9.97 Å². The maximum Gasteiger partial charge on any atom is 0.0971 e. The normalized spacial score (nSPS) is 13.1. The topological polar surface area (TPSA) is 30.7 Å². The average molecular weight is 740 g/mol. The number of nitrogens with zero attached hydrogens (tertiary/aromatic N) is 3. The zero-order chi connectivity index (χ0) is 38.5. The van der Waals surface area contributed by atoms with E-state index in [1.165, 1.54) is 88.2 Å². The maximum absolute atomic E-state index is 4.77. The summed E-state index contributed by atoms with van der Waals surface area (Å²) in [5.74, 6) is 0. The molecule has 272 valence electrons. The van der Waals surface area contributed by atoms with Gasteiger partial charge in [0, 0.05) is 45.0 Å². The van der Waals surface area contributed by atoms with Gasteiger partial charge in [0.2, 0.25) is 0 Å². The molecule has 12 rings (SSSR count). The first-order valence-corrected chi connectivity index (χ1v) is 20.1. The molecule has 3 nitrogen and oxygen atoms in total. The number of fused-ring (bicyclic) bond motifs is 12. The third-order valence-electron chi connectivity index (χ3n) is 12.7. The lowest BCUT2D eigenvalue weighted by atomic mass is 9.80. The van der Waals surface area contributed by atoms with E-state index in [1.54, 1.807) is 12.4 Å². The summed E-state index contributed by atoms with van der Waals surface area (Å²) in [6.45, 7) is 4.75. The Labute approximate surface area is 336 Å². The SMILES string of the molecule is CC1(C)c2cc(-c3cccc(-c4cccc(-n5c6ccccc6c6ccccc65)c4)c3)ccc2-c2ccc(-c3ccc4c(c3)c3ccccc3c3nccnc43)cc21. The van der Waals surface area contributed by atoms with E-state index in [2.05, 4.69) is 194 Å². The molecule has 0 amide bonds. The van der Waals surface area contributed by atoms with Crippen molar-refractivity contribution in [1.29, 1.82) is 0 Å². The van der Waals surface area contributed by atoms with Crippen LogP contribution in [0.5, 0.6) is 0 Å². The van der Waals surface area contributed by atoms with Gasteiger partial charge in [0.05, 0.1) is 22.1 Å². The molecule has 0 aliphatic heterocycles. The van der Waals surface area contributed by atoms with Crippen LogP contribution in [0.3, 0.4) is 0 Å². The first-order chi connectivity index (χ1) is 28.5. The lowest BCUT2D eigenvalue weighted by Gasteiger charge is -2.23. The molecule has 0 unspecified atom stereocenters. The highest BCUT2D eigenvalue weighted by molar-refractivity contribution is 6.23. The van der Waals surface area contributed by atoms with Gasteiger partial charge in [-0.25, -0.2) is 0 Å². The largest absolute Gasteiger partial charge is 0.309 e. The number of rotatable bonds is 4. The smallest absolute Gasteiger partial charge is 0.0971 e. The molecular formula is C55H37N3.